The van der Waals surface area contributed by atoms with Gasteiger partial charge in [0.2, 0.25) is 0 Å². The molecular formula is C8H34NSi8+. The molecule has 0 radical (unpaired) electrons. The molecule has 0 N–H and O–H groups in total. The van der Waals surface area contributed by atoms with Gasteiger partial charge in [-0.25, -0.2) is 0 Å². The summed E-state index contributed by atoms with van der Waals surface area (Å²) in [5, 5.41) is 4.76. The van der Waals surface area contributed by atoms with E-state index in [0.717, 1.165) is 5.41 Å². The highest BCUT2D eigenvalue weighted by Crippen LogP contribution is 2.49. The van der Waals surface area contributed by atoms with Crippen LogP contribution in [0.15, 0.2) is 0 Å². The van der Waals surface area contributed by atoms with E-state index in [1.54, 1.807) is 24.0 Å². The van der Waals surface area contributed by atoms with Crippen LogP contribution in [0.5, 0.6) is 0 Å². The van der Waals surface area contributed by atoms with Crippen molar-refractivity contribution in [2.24, 2.45) is 5.41 Å². The minimum Gasteiger partial charge on any atom is -0.335 e. The Labute approximate surface area is 132 Å². The molecular weight excluding hydrogens is 335 g/mol. The molecule has 1 rings (SSSR count). The zero-order valence-electron chi connectivity index (χ0n) is 13.4. The molecule has 0 aromatic rings. The maximum Gasteiger partial charge on any atom is 0.0831 e. The molecule has 0 aromatic heterocycles. The normalized spacial score (nSPS) is 42.4. The van der Waals surface area contributed by atoms with Gasteiger partial charge >= 0.3 is 0 Å². The maximum atomic E-state index is 1.67. The Kier molecular flexibility index (Phi) is 5.90. The molecule has 0 saturated carbocycles. The SMILES string of the molecule is [SiH3]C([SiH3])C1(C([SiH3])[SiH3])CC[N+](C([SiH3])[SiH3])(C([SiH3])[SiH3])C1. The molecule has 0 unspecified atom stereocenters. The molecule has 1 fully saturated rings. The summed E-state index contributed by atoms with van der Waals surface area (Å²) in [6.45, 7) is 3.27. The summed E-state index contributed by atoms with van der Waals surface area (Å²) in [6, 6.07) is 0. The fourth-order valence-electron chi connectivity index (χ4n) is 4.21. The molecule has 102 valence electrons. The Morgan fingerprint density at radius 3 is 1.35 bits per heavy atom. The highest BCUT2D eigenvalue weighted by Gasteiger charge is 2.53. The Balaban J connectivity index is 3.06. The van der Waals surface area contributed by atoms with E-state index < -0.39 is 0 Å². The predicted molar refractivity (Wildman–Crippen MR) is 112 cm³/mol. The van der Waals surface area contributed by atoms with Gasteiger partial charge in [-0.15, -0.1) is 0 Å². The van der Waals surface area contributed by atoms with Crippen LogP contribution < -0.4 is 0 Å². The summed E-state index contributed by atoms with van der Waals surface area (Å²) in [4.78, 5) is 0. The van der Waals surface area contributed by atoms with Crippen molar-refractivity contribution in [1.29, 1.82) is 0 Å². The molecule has 17 heavy (non-hydrogen) atoms. The van der Waals surface area contributed by atoms with E-state index in [0.29, 0.717) is 0 Å². The van der Waals surface area contributed by atoms with Gasteiger partial charge in [0.1, 0.15) is 0 Å². The van der Waals surface area contributed by atoms with E-state index in [-0.39, 0.29) is 0 Å². The van der Waals surface area contributed by atoms with Crippen molar-refractivity contribution < 1.29 is 4.48 Å². The first-order valence-corrected chi connectivity index (χ1v) is 16.8. The molecule has 1 saturated heterocycles. The summed E-state index contributed by atoms with van der Waals surface area (Å²) in [5.41, 5.74) is 0.900. The van der Waals surface area contributed by atoms with Crippen molar-refractivity contribution in [3.63, 3.8) is 0 Å². The van der Waals surface area contributed by atoms with Crippen molar-refractivity contribution >= 4 is 81.9 Å². The minimum absolute atomic E-state index is 0.900. The van der Waals surface area contributed by atoms with Crippen molar-refractivity contribution in [1.82, 2.24) is 0 Å². The number of likely N-dealkylation sites (tertiary alicyclic amines) is 1. The molecule has 1 aliphatic rings. The van der Waals surface area contributed by atoms with Gasteiger partial charge in [0.15, 0.2) is 0 Å². The van der Waals surface area contributed by atoms with Crippen LogP contribution in [0, 0.1) is 5.41 Å². The molecule has 1 heterocycles. The molecule has 0 aromatic carbocycles. The molecule has 0 spiro atoms. The van der Waals surface area contributed by atoms with E-state index in [2.05, 4.69) is 0 Å². The zero-order chi connectivity index (χ0) is 13.4. The van der Waals surface area contributed by atoms with Gasteiger partial charge in [-0.2, -0.15) is 0 Å². The van der Waals surface area contributed by atoms with Gasteiger partial charge in [0.05, 0.1) is 54.1 Å². The highest BCUT2D eigenvalue weighted by molar-refractivity contribution is 6.41. The fourth-order valence-corrected chi connectivity index (χ4v) is 18.0. The van der Waals surface area contributed by atoms with Crippen LogP contribution in [0.3, 0.4) is 0 Å². The Hall–Kier alpha value is 1.70. The molecule has 0 amide bonds. The van der Waals surface area contributed by atoms with Crippen molar-refractivity contribution in [3.8, 4) is 0 Å². The van der Waals surface area contributed by atoms with Gasteiger partial charge in [-0.1, -0.05) is 10.3 Å². The second kappa shape index (κ2) is 5.99. The Morgan fingerprint density at radius 1 is 0.765 bits per heavy atom. The first kappa shape index (κ1) is 16.7. The number of nitrogens with zero attached hydrogens (tertiary/aromatic N) is 1. The zero-order valence-corrected chi connectivity index (χ0v) is 29.4. The first-order valence-electron chi connectivity index (χ1n) is 7.55. The van der Waals surface area contributed by atoms with Crippen LogP contribution >= 0.6 is 0 Å². The molecule has 0 atom stereocenters. The third-order valence-corrected chi connectivity index (χ3v) is 14.7. The minimum atomic E-state index is 0.900. The van der Waals surface area contributed by atoms with Gasteiger partial charge in [-0.05, 0) is 0 Å². The van der Waals surface area contributed by atoms with Crippen LogP contribution in [0.25, 0.3) is 0 Å². The van der Waals surface area contributed by atoms with E-state index in [9.17, 15) is 0 Å². The standard InChI is InChI=1S/C8H34NSi8/c10-4(11)8(5(12)13)1-2-9(3-8,6(14)15)7(16)17/h4-7H,1-3H2,10-17H3/q+1. The number of rotatable bonds is 4. The van der Waals surface area contributed by atoms with Crippen LogP contribution in [0.1, 0.15) is 6.42 Å². The Bertz CT molecular complexity index is 224. The van der Waals surface area contributed by atoms with Crippen molar-refractivity contribution in [3.05, 3.63) is 0 Å². The van der Waals surface area contributed by atoms with E-state index in [1.165, 1.54) is 103 Å². The number of quaternary nitrogens is 1. The van der Waals surface area contributed by atoms with E-state index in [1.807, 2.05) is 0 Å². The summed E-state index contributed by atoms with van der Waals surface area (Å²) in [6.07, 6.45) is 1.64. The number of hydrogen-bond donors (Lipinski definition) is 0. The second-order valence-electron chi connectivity index (χ2n) is 7.46. The van der Waals surface area contributed by atoms with Gasteiger partial charge in [0, 0.05) is 63.4 Å². The smallest absolute Gasteiger partial charge is 0.0831 e. The third kappa shape index (κ3) is 2.91. The van der Waals surface area contributed by atoms with E-state index in [4.69, 9.17) is 0 Å². The molecule has 0 bridgehead atoms. The lowest BCUT2D eigenvalue weighted by Crippen LogP contribution is -2.62. The summed E-state index contributed by atoms with van der Waals surface area (Å²) in [7, 11) is 11.9. The van der Waals surface area contributed by atoms with Crippen LogP contribution in [0.4, 0.5) is 0 Å². The lowest BCUT2D eigenvalue weighted by molar-refractivity contribution is -0.919. The summed E-state index contributed by atoms with van der Waals surface area (Å²) < 4.78 is 1.67. The summed E-state index contributed by atoms with van der Waals surface area (Å²) in [5.74, 6) is 0. The van der Waals surface area contributed by atoms with E-state index >= 15 is 0 Å². The van der Waals surface area contributed by atoms with Crippen molar-refractivity contribution in [2.45, 2.75) is 27.3 Å². The molecule has 9 heteroatoms. The van der Waals surface area contributed by atoms with Crippen LogP contribution in [-0.2, 0) is 0 Å². The average molecular weight is 369 g/mol. The van der Waals surface area contributed by atoms with Gasteiger partial charge < -0.3 is 4.48 Å². The van der Waals surface area contributed by atoms with Gasteiger partial charge in [-0.3, -0.25) is 0 Å². The van der Waals surface area contributed by atoms with Crippen molar-refractivity contribution in [2.75, 3.05) is 13.1 Å². The van der Waals surface area contributed by atoms with Gasteiger partial charge in [0.25, 0.3) is 0 Å². The van der Waals surface area contributed by atoms with Crippen LogP contribution in [0.2, 0.25) is 10.3 Å². The first-order chi connectivity index (χ1) is 7.69. The quantitative estimate of drug-likeness (QED) is 0.341. The predicted octanol–water partition coefficient (Wildman–Crippen LogP) is -8.82. The highest BCUT2D eigenvalue weighted by atomic mass is 28.2. The number of hydrogen-bond acceptors (Lipinski definition) is 0. The summed E-state index contributed by atoms with van der Waals surface area (Å²) >= 11 is 0. The lowest BCUT2D eigenvalue weighted by Gasteiger charge is -2.47. The third-order valence-electron chi connectivity index (χ3n) is 5.94. The molecule has 1 nitrogen and oxygen atoms in total. The molecule has 1 aliphatic heterocycles. The largest absolute Gasteiger partial charge is 0.335 e. The van der Waals surface area contributed by atoms with Crippen LogP contribution in [-0.4, -0.2) is 110 Å². The second-order valence-corrected chi connectivity index (χ2v) is 30.3. The lowest BCUT2D eigenvalue weighted by atomic mass is 9.91. The topological polar surface area (TPSA) is 0 Å². The Morgan fingerprint density at radius 2 is 1.18 bits per heavy atom. The fraction of sp³-hybridized carbons (Fsp3) is 1.00. The average Bonchev–Trinajstić information content (AvgIpc) is 2.59. The monoisotopic (exact) mass is 368 g/mol. The maximum absolute atomic E-state index is 1.67. The molecule has 0 aliphatic carbocycles.